The first kappa shape index (κ1) is 19.6. The smallest absolute Gasteiger partial charge is 0.321 e. The number of carbonyl (C=O) groups is 1. The second-order valence-corrected chi connectivity index (χ2v) is 6.34. The standard InChI is InChI=1S/C19H18ClFN4O3/c1-25(19(26)22-13-7-8-16(21)15(20)11-13)10-9-17-23-18(28-24-17)12-27-14-5-3-2-4-6-14/h2-8,11H,9-10,12H2,1H3,(H,22,26). The first-order valence-corrected chi connectivity index (χ1v) is 8.85. The van der Waals surface area contributed by atoms with Crippen LogP contribution in [0.4, 0.5) is 14.9 Å². The van der Waals surface area contributed by atoms with Gasteiger partial charge in [-0.25, -0.2) is 9.18 Å². The highest BCUT2D eigenvalue weighted by Gasteiger charge is 2.13. The Labute approximate surface area is 166 Å². The summed E-state index contributed by atoms with van der Waals surface area (Å²) in [5.74, 6) is 0.986. The number of anilines is 1. The van der Waals surface area contributed by atoms with Crippen LogP contribution in [-0.4, -0.2) is 34.7 Å². The highest BCUT2D eigenvalue weighted by Crippen LogP contribution is 2.19. The number of nitrogens with one attached hydrogen (secondary N) is 1. The van der Waals surface area contributed by atoms with Crippen molar-refractivity contribution in [1.82, 2.24) is 15.0 Å². The molecular weight excluding hydrogens is 387 g/mol. The minimum Gasteiger partial charge on any atom is -0.484 e. The average molecular weight is 405 g/mol. The fourth-order valence-electron chi connectivity index (χ4n) is 2.27. The van der Waals surface area contributed by atoms with Crippen molar-refractivity contribution in [1.29, 1.82) is 0 Å². The Morgan fingerprint density at radius 3 is 2.82 bits per heavy atom. The van der Waals surface area contributed by atoms with Crippen LogP contribution in [0.25, 0.3) is 0 Å². The number of ether oxygens (including phenoxy) is 1. The summed E-state index contributed by atoms with van der Waals surface area (Å²) in [5, 5.41) is 6.46. The van der Waals surface area contributed by atoms with Gasteiger partial charge in [-0.15, -0.1) is 0 Å². The summed E-state index contributed by atoms with van der Waals surface area (Å²) in [6, 6.07) is 12.9. The summed E-state index contributed by atoms with van der Waals surface area (Å²) in [6.07, 6.45) is 0.406. The number of halogens is 2. The Hall–Kier alpha value is -3.13. The van der Waals surface area contributed by atoms with Gasteiger partial charge in [0.05, 0.1) is 5.02 Å². The van der Waals surface area contributed by atoms with Crippen LogP contribution in [0.2, 0.25) is 5.02 Å². The van der Waals surface area contributed by atoms with Crippen molar-refractivity contribution in [2.24, 2.45) is 0 Å². The lowest BCUT2D eigenvalue weighted by Gasteiger charge is -2.17. The molecule has 9 heteroatoms. The van der Waals surface area contributed by atoms with Gasteiger partial charge in [-0.05, 0) is 30.3 Å². The van der Waals surface area contributed by atoms with Crippen molar-refractivity contribution in [3.63, 3.8) is 0 Å². The van der Waals surface area contributed by atoms with Crippen LogP contribution in [-0.2, 0) is 13.0 Å². The summed E-state index contributed by atoms with van der Waals surface area (Å²) >= 11 is 5.71. The zero-order valence-electron chi connectivity index (χ0n) is 15.1. The second kappa shape index (κ2) is 9.18. The van der Waals surface area contributed by atoms with E-state index in [-0.39, 0.29) is 17.7 Å². The van der Waals surface area contributed by atoms with Crippen LogP contribution < -0.4 is 10.1 Å². The lowest BCUT2D eigenvalue weighted by molar-refractivity contribution is 0.222. The van der Waals surface area contributed by atoms with E-state index < -0.39 is 5.82 Å². The van der Waals surface area contributed by atoms with Crippen LogP contribution >= 0.6 is 11.6 Å². The van der Waals surface area contributed by atoms with Crippen molar-refractivity contribution < 1.29 is 18.4 Å². The highest BCUT2D eigenvalue weighted by molar-refractivity contribution is 6.31. The number of carbonyl (C=O) groups excluding carboxylic acids is 1. The topological polar surface area (TPSA) is 80.5 Å². The normalized spacial score (nSPS) is 10.5. The monoisotopic (exact) mass is 404 g/mol. The van der Waals surface area contributed by atoms with E-state index in [4.69, 9.17) is 20.9 Å². The molecule has 0 radical (unpaired) electrons. The Kier molecular flexibility index (Phi) is 6.44. The quantitative estimate of drug-likeness (QED) is 0.639. The van der Waals surface area contributed by atoms with Crippen LogP contribution in [0, 0.1) is 5.82 Å². The van der Waals surface area contributed by atoms with Crippen LogP contribution in [0.1, 0.15) is 11.7 Å². The molecule has 1 N–H and O–H groups in total. The first-order valence-electron chi connectivity index (χ1n) is 8.48. The maximum Gasteiger partial charge on any atom is 0.321 e. The predicted octanol–water partition coefficient (Wildman–Crippen LogP) is 4.15. The van der Waals surface area contributed by atoms with Crippen LogP contribution in [0.5, 0.6) is 5.75 Å². The number of hydrogen-bond donors (Lipinski definition) is 1. The number of hydrogen-bond acceptors (Lipinski definition) is 5. The average Bonchev–Trinajstić information content (AvgIpc) is 3.16. The van der Waals surface area contributed by atoms with Crippen LogP contribution in [0.3, 0.4) is 0 Å². The third-order valence-corrected chi connectivity index (χ3v) is 4.09. The van der Waals surface area contributed by atoms with E-state index >= 15 is 0 Å². The van der Waals surface area contributed by atoms with E-state index in [1.165, 1.54) is 23.1 Å². The molecule has 7 nitrogen and oxygen atoms in total. The number of aromatic nitrogens is 2. The molecule has 0 spiro atoms. The molecule has 2 amide bonds. The van der Waals surface area contributed by atoms with E-state index in [2.05, 4.69) is 15.5 Å². The molecule has 0 aliphatic rings. The van der Waals surface area contributed by atoms with Gasteiger partial charge in [0, 0.05) is 25.7 Å². The van der Waals surface area contributed by atoms with E-state index in [0.717, 1.165) is 0 Å². The van der Waals surface area contributed by atoms with Gasteiger partial charge in [0.15, 0.2) is 12.4 Å². The molecule has 0 unspecified atom stereocenters. The molecule has 0 atom stereocenters. The van der Waals surface area contributed by atoms with E-state index in [1.54, 1.807) is 7.05 Å². The van der Waals surface area contributed by atoms with Crippen LogP contribution in [0.15, 0.2) is 53.1 Å². The molecule has 28 heavy (non-hydrogen) atoms. The molecule has 146 valence electrons. The number of nitrogens with zero attached hydrogens (tertiary/aromatic N) is 3. The first-order chi connectivity index (χ1) is 13.5. The SMILES string of the molecule is CN(CCc1noc(COc2ccccc2)n1)C(=O)Nc1ccc(F)c(Cl)c1. The maximum atomic E-state index is 13.2. The number of likely N-dealkylation sites (N-methyl/N-ethyl adjacent to an activating group) is 1. The Balaban J connectivity index is 1.46. The number of para-hydroxylation sites is 1. The summed E-state index contributed by atoms with van der Waals surface area (Å²) in [7, 11) is 1.62. The van der Waals surface area contributed by atoms with Crippen molar-refractivity contribution >= 4 is 23.3 Å². The minimum absolute atomic E-state index is 0.0579. The van der Waals surface area contributed by atoms with Crippen molar-refractivity contribution in [3.05, 3.63) is 71.1 Å². The van der Waals surface area contributed by atoms with E-state index in [9.17, 15) is 9.18 Å². The summed E-state index contributed by atoms with van der Waals surface area (Å²) in [5.41, 5.74) is 0.406. The molecule has 0 saturated carbocycles. The van der Waals surface area contributed by atoms with Gasteiger partial charge >= 0.3 is 6.03 Å². The molecule has 0 saturated heterocycles. The highest BCUT2D eigenvalue weighted by atomic mass is 35.5. The molecule has 0 fully saturated rings. The maximum absolute atomic E-state index is 13.2. The molecule has 3 rings (SSSR count). The third-order valence-electron chi connectivity index (χ3n) is 3.80. The Morgan fingerprint density at radius 2 is 2.07 bits per heavy atom. The van der Waals surface area contributed by atoms with Gasteiger partial charge in [-0.1, -0.05) is 35.0 Å². The zero-order chi connectivity index (χ0) is 19.9. The van der Waals surface area contributed by atoms with Gasteiger partial charge in [-0.3, -0.25) is 0 Å². The summed E-state index contributed by atoms with van der Waals surface area (Å²) in [4.78, 5) is 17.9. The van der Waals surface area contributed by atoms with Gasteiger partial charge in [0.25, 0.3) is 5.89 Å². The third kappa shape index (κ3) is 5.43. The van der Waals surface area contributed by atoms with Gasteiger partial charge in [0.1, 0.15) is 11.6 Å². The molecule has 0 aliphatic heterocycles. The van der Waals surface area contributed by atoms with Crippen molar-refractivity contribution in [2.75, 3.05) is 18.9 Å². The van der Waals surface area contributed by atoms with Crippen molar-refractivity contribution in [3.8, 4) is 5.75 Å². The lowest BCUT2D eigenvalue weighted by atomic mass is 10.3. The second-order valence-electron chi connectivity index (χ2n) is 5.94. The molecule has 2 aromatic carbocycles. The molecule has 1 aromatic heterocycles. The number of benzene rings is 2. The molecule has 0 bridgehead atoms. The molecule has 3 aromatic rings. The zero-order valence-corrected chi connectivity index (χ0v) is 15.8. The summed E-state index contributed by atoms with van der Waals surface area (Å²) < 4.78 is 23.9. The van der Waals surface area contributed by atoms with E-state index in [1.807, 2.05) is 30.3 Å². The predicted molar refractivity (Wildman–Crippen MR) is 102 cm³/mol. The fourth-order valence-corrected chi connectivity index (χ4v) is 2.45. The molecule has 1 heterocycles. The number of rotatable bonds is 7. The van der Waals surface area contributed by atoms with E-state index in [0.29, 0.717) is 36.1 Å². The minimum atomic E-state index is -0.544. The fraction of sp³-hybridized carbons (Fsp3) is 0.211. The largest absolute Gasteiger partial charge is 0.484 e. The van der Waals surface area contributed by atoms with Gasteiger partial charge in [-0.2, -0.15) is 4.98 Å². The summed E-state index contributed by atoms with van der Waals surface area (Å²) in [6.45, 7) is 0.526. The van der Waals surface area contributed by atoms with Gasteiger partial charge in [0.2, 0.25) is 0 Å². The number of amides is 2. The Morgan fingerprint density at radius 1 is 1.29 bits per heavy atom. The lowest BCUT2D eigenvalue weighted by Crippen LogP contribution is -2.33. The molecular formula is C19H18ClFN4O3. The number of urea groups is 1. The Bertz CT molecular complexity index is 936. The van der Waals surface area contributed by atoms with Gasteiger partial charge < -0.3 is 19.5 Å². The van der Waals surface area contributed by atoms with Crippen molar-refractivity contribution in [2.45, 2.75) is 13.0 Å². The molecule has 0 aliphatic carbocycles.